The highest BCUT2D eigenvalue weighted by Crippen LogP contribution is 2.20. The third-order valence-corrected chi connectivity index (χ3v) is 5.27. The lowest BCUT2D eigenvalue weighted by atomic mass is 10.1. The lowest BCUT2D eigenvalue weighted by molar-refractivity contribution is -0.134. The van der Waals surface area contributed by atoms with E-state index >= 15 is 0 Å². The number of nitrogens with zero attached hydrogens (tertiary/aromatic N) is 2. The van der Waals surface area contributed by atoms with Crippen LogP contribution in [0.2, 0.25) is 0 Å². The molecule has 3 rings (SSSR count). The van der Waals surface area contributed by atoms with E-state index in [4.69, 9.17) is 9.47 Å². The first-order valence-electron chi connectivity index (χ1n) is 10.1. The zero-order valence-corrected chi connectivity index (χ0v) is 17.9. The monoisotopic (exact) mass is 431 g/mol. The summed E-state index contributed by atoms with van der Waals surface area (Å²) in [4.78, 5) is 43.5. The minimum Gasteiger partial charge on any atom is -0.462 e. The molecule has 8 nitrogen and oxygen atoms in total. The fourth-order valence-corrected chi connectivity index (χ4v) is 3.62. The van der Waals surface area contributed by atoms with Crippen molar-refractivity contribution in [2.24, 2.45) is 0 Å². The van der Waals surface area contributed by atoms with Crippen molar-refractivity contribution in [1.82, 2.24) is 9.88 Å². The fourth-order valence-electron chi connectivity index (χ4n) is 3.62. The standard InChI is InChI=1S/C22H26FN3O5/c1-4-30-21(28)19-14(2)20(24-15(19)3)22(29)31-13-18(27)26-11-9-25(10-12-26)17-7-5-16(23)6-8-17/h5-8,24H,4,9-13H2,1-3H3. The summed E-state index contributed by atoms with van der Waals surface area (Å²) in [5.41, 5.74) is 2.27. The largest absolute Gasteiger partial charge is 0.462 e. The summed E-state index contributed by atoms with van der Waals surface area (Å²) < 4.78 is 23.3. The first-order chi connectivity index (χ1) is 14.8. The zero-order valence-electron chi connectivity index (χ0n) is 17.9. The minimum absolute atomic E-state index is 0.134. The molecule has 2 aromatic rings. The molecule has 9 heteroatoms. The number of hydrogen-bond acceptors (Lipinski definition) is 6. The van der Waals surface area contributed by atoms with Crippen molar-refractivity contribution in [3.63, 3.8) is 0 Å². The number of esters is 2. The van der Waals surface area contributed by atoms with Gasteiger partial charge in [0.15, 0.2) is 6.61 Å². The number of halogens is 1. The van der Waals surface area contributed by atoms with Gasteiger partial charge in [-0.15, -0.1) is 0 Å². The smallest absolute Gasteiger partial charge is 0.355 e. The number of piperazine rings is 1. The van der Waals surface area contributed by atoms with Crippen LogP contribution in [0.1, 0.15) is 39.0 Å². The maximum atomic E-state index is 13.1. The molecule has 1 fully saturated rings. The molecule has 1 aliphatic heterocycles. The number of amides is 1. The predicted molar refractivity (Wildman–Crippen MR) is 112 cm³/mol. The highest BCUT2D eigenvalue weighted by Gasteiger charge is 2.26. The fraction of sp³-hybridized carbons (Fsp3) is 0.409. The van der Waals surface area contributed by atoms with E-state index in [0.29, 0.717) is 43.0 Å². The van der Waals surface area contributed by atoms with Gasteiger partial charge in [-0.05, 0) is 50.6 Å². The Hall–Kier alpha value is -3.36. The van der Waals surface area contributed by atoms with Gasteiger partial charge >= 0.3 is 11.9 Å². The molecule has 1 saturated heterocycles. The van der Waals surface area contributed by atoms with Gasteiger partial charge in [0.2, 0.25) is 0 Å². The first kappa shape index (κ1) is 22.3. The third kappa shape index (κ3) is 5.04. The molecular formula is C22H26FN3O5. The summed E-state index contributed by atoms with van der Waals surface area (Å²) in [7, 11) is 0. The van der Waals surface area contributed by atoms with Crippen LogP contribution in [-0.4, -0.2) is 67.1 Å². The molecule has 0 atom stereocenters. The van der Waals surface area contributed by atoms with Crippen LogP contribution in [0.5, 0.6) is 0 Å². The van der Waals surface area contributed by atoms with Gasteiger partial charge in [-0.25, -0.2) is 14.0 Å². The molecule has 0 radical (unpaired) electrons. The molecule has 2 heterocycles. The van der Waals surface area contributed by atoms with Gasteiger partial charge in [0.1, 0.15) is 11.5 Å². The molecule has 0 saturated carbocycles. The SMILES string of the molecule is CCOC(=O)c1c(C)[nH]c(C(=O)OCC(=O)N2CCN(c3ccc(F)cc3)CC2)c1C. The Bertz CT molecular complexity index is 962. The Balaban J connectivity index is 1.53. The Kier molecular flexibility index (Phi) is 6.94. The first-order valence-corrected chi connectivity index (χ1v) is 10.1. The highest BCUT2D eigenvalue weighted by atomic mass is 19.1. The van der Waals surface area contributed by atoms with Crippen LogP contribution >= 0.6 is 0 Å². The molecule has 1 aromatic heterocycles. The van der Waals surface area contributed by atoms with Crippen molar-refractivity contribution in [3.05, 3.63) is 52.6 Å². The summed E-state index contributed by atoms with van der Waals surface area (Å²) in [5, 5.41) is 0. The van der Waals surface area contributed by atoms with E-state index in [-0.39, 0.29) is 30.6 Å². The molecule has 0 aliphatic carbocycles. The van der Waals surface area contributed by atoms with Gasteiger partial charge < -0.3 is 24.3 Å². The second-order valence-corrected chi connectivity index (χ2v) is 7.27. The number of hydrogen-bond donors (Lipinski definition) is 1. The van der Waals surface area contributed by atoms with Gasteiger partial charge in [0.25, 0.3) is 5.91 Å². The average molecular weight is 431 g/mol. The molecule has 1 aliphatic rings. The highest BCUT2D eigenvalue weighted by molar-refractivity contribution is 5.99. The number of rotatable bonds is 6. The molecule has 1 amide bonds. The second kappa shape index (κ2) is 9.63. The lowest BCUT2D eigenvalue weighted by Gasteiger charge is -2.36. The van der Waals surface area contributed by atoms with Gasteiger partial charge in [-0.2, -0.15) is 0 Å². The summed E-state index contributed by atoms with van der Waals surface area (Å²) >= 11 is 0. The number of benzene rings is 1. The maximum Gasteiger partial charge on any atom is 0.355 e. The molecule has 31 heavy (non-hydrogen) atoms. The number of anilines is 1. The van der Waals surface area contributed by atoms with Gasteiger partial charge in [0, 0.05) is 37.6 Å². The summed E-state index contributed by atoms with van der Waals surface area (Å²) in [6.45, 7) is 6.99. The zero-order chi connectivity index (χ0) is 22.5. The van der Waals surface area contributed by atoms with E-state index in [1.165, 1.54) is 12.1 Å². The summed E-state index contributed by atoms with van der Waals surface area (Å²) in [5.74, 6) is -1.79. The van der Waals surface area contributed by atoms with E-state index in [2.05, 4.69) is 9.88 Å². The Morgan fingerprint density at radius 1 is 1.00 bits per heavy atom. The van der Waals surface area contributed by atoms with Crippen LogP contribution in [0.4, 0.5) is 10.1 Å². The molecule has 1 N–H and O–H groups in total. The lowest BCUT2D eigenvalue weighted by Crippen LogP contribution is -2.49. The van der Waals surface area contributed by atoms with Crippen molar-refractivity contribution in [2.75, 3.05) is 44.3 Å². The number of aromatic nitrogens is 1. The molecular weight excluding hydrogens is 405 g/mol. The van der Waals surface area contributed by atoms with E-state index < -0.39 is 11.9 Å². The Morgan fingerprint density at radius 2 is 1.65 bits per heavy atom. The Morgan fingerprint density at radius 3 is 2.26 bits per heavy atom. The van der Waals surface area contributed by atoms with Crippen molar-refractivity contribution >= 4 is 23.5 Å². The molecule has 0 bridgehead atoms. The second-order valence-electron chi connectivity index (χ2n) is 7.27. The molecule has 0 unspecified atom stereocenters. The number of H-pyrrole nitrogens is 1. The molecule has 0 spiro atoms. The van der Waals surface area contributed by atoms with Crippen LogP contribution in [-0.2, 0) is 14.3 Å². The van der Waals surface area contributed by atoms with Gasteiger partial charge in [0.05, 0.1) is 12.2 Å². The van der Waals surface area contributed by atoms with Crippen molar-refractivity contribution in [3.8, 4) is 0 Å². The van der Waals surface area contributed by atoms with E-state index in [1.807, 2.05) is 0 Å². The van der Waals surface area contributed by atoms with Crippen molar-refractivity contribution in [1.29, 1.82) is 0 Å². The number of carbonyl (C=O) groups excluding carboxylic acids is 3. The van der Waals surface area contributed by atoms with E-state index in [0.717, 1.165) is 5.69 Å². The normalized spacial score (nSPS) is 13.8. The molecule has 166 valence electrons. The summed E-state index contributed by atoms with van der Waals surface area (Å²) in [6, 6.07) is 6.23. The van der Waals surface area contributed by atoms with Crippen molar-refractivity contribution < 1.29 is 28.2 Å². The average Bonchev–Trinajstić information content (AvgIpc) is 3.06. The van der Waals surface area contributed by atoms with Crippen LogP contribution in [0.15, 0.2) is 24.3 Å². The molecule has 1 aromatic carbocycles. The van der Waals surface area contributed by atoms with Gasteiger partial charge in [-0.1, -0.05) is 0 Å². The third-order valence-electron chi connectivity index (χ3n) is 5.27. The van der Waals surface area contributed by atoms with E-state index in [1.54, 1.807) is 37.8 Å². The van der Waals surface area contributed by atoms with Gasteiger partial charge in [-0.3, -0.25) is 4.79 Å². The number of aryl methyl sites for hydroxylation is 1. The topological polar surface area (TPSA) is 91.9 Å². The van der Waals surface area contributed by atoms with E-state index in [9.17, 15) is 18.8 Å². The Labute approximate surface area is 179 Å². The number of nitrogens with one attached hydrogen (secondary N) is 1. The number of ether oxygens (including phenoxy) is 2. The number of carbonyl (C=O) groups is 3. The number of aromatic amines is 1. The quantitative estimate of drug-likeness (QED) is 0.707. The van der Waals surface area contributed by atoms with Crippen LogP contribution in [0.3, 0.4) is 0 Å². The van der Waals surface area contributed by atoms with Crippen LogP contribution < -0.4 is 4.90 Å². The summed E-state index contributed by atoms with van der Waals surface area (Å²) in [6.07, 6.45) is 0. The minimum atomic E-state index is -0.700. The maximum absolute atomic E-state index is 13.1. The van der Waals surface area contributed by atoms with Crippen molar-refractivity contribution in [2.45, 2.75) is 20.8 Å². The van der Waals surface area contributed by atoms with Crippen LogP contribution in [0.25, 0.3) is 0 Å². The predicted octanol–water partition coefficient (Wildman–Crippen LogP) is 2.45. The van der Waals surface area contributed by atoms with Crippen LogP contribution in [0, 0.1) is 19.7 Å².